The zero-order chi connectivity index (χ0) is 15.2. The summed E-state index contributed by atoms with van der Waals surface area (Å²) in [4.78, 5) is 8.33. The minimum absolute atomic E-state index is 0.223. The van der Waals surface area contributed by atoms with Gasteiger partial charge in [0.25, 0.3) is 0 Å². The number of benzene rings is 1. The third kappa shape index (κ3) is 4.49. The summed E-state index contributed by atoms with van der Waals surface area (Å²) in [5.41, 5.74) is 6.58. The number of rotatable bonds is 6. The highest BCUT2D eigenvalue weighted by atomic mass is 79.9. The number of aromatic nitrogens is 2. The van der Waals surface area contributed by atoms with Crippen LogP contribution in [0.4, 0.5) is 23.3 Å². The van der Waals surface area contributed by atoms with Crippen molar-refractivity contribution in [1.82, 2.24) is 9.97 Å². The molecular weight excluding hydrogens is 334 g/mol. The van der Waals surface area contributed by atoms with Crippen molar-refractivity contribution < 1.29 is 4.74 Å². The molecular formula is C14H18BrN5O. The molecule has 21 heavy (non-hydrogen) atoms. The molecule has 0 saturated carbocycles. The molecule has 2 rings (SSSR count). The zero-order valence-corrected chi connectivity index (χ0v) is 13.6. The van der Waals surface area contributed by atoms with Crippen molar-refractivity contribution in [1.29, 1.82) is 0 Å². The van der Waals surface area contributed by atoms with Crippen molar-refractivity contribution >= 4 is 39.2 Å². The standard InChI is InChI=1S/C14H18BrN5O/c1-3-4-17-12-8-13(20-14(16)19-12)18-10-5-9(15)6-11(7-10)21-2/h5-8H,3-4H2,1-2H3,(H4,16,17,18,19,20). The van der Waals surface area contributed by atoms with E-state index in [4.69, 9.17) is 10.5 Å². The second-order valence-corrected chi connectivity index (χ2v) is 5.34. The number of nitrogens with two attached hydrogens (primary N) is 1. The molecule has 0 aliphatic rings. The highest BCUT2D eigenvalue weighted by molar-refractivity contribution is 9.10. The summed E-state index contributed by atoms with van der Waals surface area (Å²) in [5.74, 6) is 2.30. The van der Waals surface area contributed by atoms with Crippen LogP contribution in [0.15, 0.2) is 28.7 Å². The van der Waals surface area contributed by atoms with Crippen LogP contribution in [0.25, 0.3) is 0 Å². The Morgan fingerprint density at radius 1 is 1.19 bits per heavy atom. The van der Waals surface area contributed by atoms with Crippen LogP contribution in [0.3, 0.4) is 0 Å². The second kappa shape index (κ2) is 7.12. The highest BCUT2D eigenvalue weighted by Crippen LogP contribution is 2.27. The molecule has 0 amide bonds. The Hall–Kier alpha value is -2.02. The van der Waals surface area contributed by atoms with Gasteiger partial charge in [-0.05, 0) is 18.6 Å². The molecule has 1 heterocycles. The van der Waals surface area contributed by atoms with Crippen molar-refractivity contribution in [3.05, 3.63) is 28.7 Å². The monoisotopic (exact) mass is 351 g/mol. The van der Waals surface area contributed by atoms with Gasteiger partial charge in [-0.25, -0.2) is 0 Å². The normalized spacial score (nSPS) is 10.2. The van der Waals surface area contributed by atoms with E-state index in [0.29, 0.717) is 11.6 Å². The lowest BCUT2D eigenvalue weighted by Crippen LogP contribution is -2.06. The van der Waals surface area contributed by atoms with Crippen molar-refractivity contribution in [2.45, 2.75) is 13.3 Å². The molecule has 2 aromatic rings. The molecule has 0 bridgehead atoms. The van der Waals surface area contributed by atoms with Gasteiger partial charge in [0.2, 0.25) is 5.95 Å². The Labute approximate surface area is 132 Å². The van der Waals surface area contributed by atoms with Gasteiger partial charge in [-0.15, -0.1) is 0 Å². The van der Waals surface area contributed by atoms with E-state index in [1.54, 1.807) is 7.11 Å². The molecule has 1 aromatic carbocycles. The minimum Gasteiger partial charge on any atom is -0.497 e. The van der Waals surface area contributed by atoms with Crippen molar-refractivity contribution in [3.63, 3.8) is 0 Å². The van der Waals surface area contributed by atoms with Gasteiger partial charge in [0, 0.05) is 28.8 Å². The number of hydrogen-bond donors (Lipinski definition) is 3. The first kappa shape index (κ1) is 15.4. The predicted octanol–water partition coefficient (Wildman–Crippen LogP) is 3.40. The number of anilines is 4. The van der Waals surface area contributed by atoms with Crippen LogP contribution in [0, 0.1) is 0 Å². The fourth-order valence-electron chi connectivity index (χ4n) is 1.77. The van der Waals surface area contributed by atoms with Crippen LogP contribution in [0.1, 0.15) is 13.3 Å². The molecule has 0 saturated heterocycles. The van der Waals surface area contributed by atoms with E-state index >= 15 is 0 Å². The fraction of sp³-hybridized carbons (Fsp3) is 0.286. The summed E-state index contributed by atoms with van der Waals surface area (Å²) in [5, 5.41) is 6.39. The second-order valence-electron chi connectivity index (χ2n) is 4.43. The van der Waals surface area contributed by atoms with Crippen LogP contribution >= 0.6 is 15.9 Å². The Balaban J connectivity index is 2.22. The van der Waals surface area contributed by atoms with E-state index in [9.17, 15) is 0 Å². The van der Waals surface area contributed by atoms with Gasteiger partial charge >= 0.3 is 0 Å². The van der Waals surface area contributed by atoms with E-state index in [1.807, 2.05) is 24.3 Å². The average molecular weight is 352 g/mol. The molecule has 0 unspecified atom stereocenters. The maximum atomic E-state index is 5.73. The molecule has 0 fully saturated rings. The number of ether oxygens (including phenoxy) is 1. The molecule has 6 nitrogen and oxygen atoms in total. The molecule has 0 radical (unpaired) electrons. The summed E-state index contributed by atoms with van der Waals surface area (Å²) < 4.78 is 6.15. The minimum atomic E-state index is 0.223. The number of methoxy groups -OCH3 is 1. The first-order valence-electron chi connectivity index (χ1n) is 6.60. The first-order chi connectivity index (χ1) is 10.1. The summed E-state index contributed by atoms with van der Waals surface area (Å²) in [6.07, 6.45) is 1.01. The third-order valence-electron chi connectivity index (χ3n) is 2.68. The van der Waals surface area contributed by atoms with Gasteiger partial charge in [-0.1, -0.05) is 22.9 Å². The van der Waals surface area contributed by atoms with Crippen LogP contribution in [0.2, 0.25) is 0 Å². The van der Waals surface area contributed by atoms with Gasteiger partial charge in [0.15, 0.2) is 0 Å². The predicted molar refractivity (Wildman–Crippen MR) is 89.2 cm³/mol. The Kier molecular flexibility index (Phi) is 5.21. The van der Waals surface area contributed by atoms with E-state index in [0.717, 1.165) is 28.9 Å². The molecule has 112 valence electrons. The molecule has 1 aromatic heterocycles. The number of nitrogens with one attached hydrogen (secondary N) is 2. The summed E-state index contributed by atoms with van der Waals surface area (Å²) in [6.45, 7) is 2.92. The SMILES string of the molecule is CCCNc1cc(Nc2cc(Br)cc(OC)c2)nc(N)n1. The van der Waals surface area contributed by atoms with Crippen LogP contribution < -0.4 is 21.1 Å². The average Bonchev–Trinajstić information content (AvgIpc) is 2.43. The largest absolute Gasteiger partial charge is 0.497 e. The van der Waals surface area contributed by atoms with Gasteiger partial charge in [0.1, 0.15) is 17.4 Å². The van der Waals surface area contributed by atoms with Crippen LogP contribution in [0.5, 0.6) is 5.75 Å². The lowest BCUT2D eigenvalue weighted by Gasteiger charge is -2.11. The zero-order valence-electron chi connectivity index (χ0n) is 12.0. The Morgan fingerprint density at radius 3 is 2.67 bits per heavy atom. The van der Waals surface area contributed by atoms with E-state index in [2.05, 4.69) is 43.5 Å². The Morgan fingerprint density at radius 2 is 1.95 bits per heavy atom. The fourth-order valence-corrected chi connectivity index (χ4v) is 2.25. The van der Waals surface area contributed by atoms with E-state index in [-0.39, 0.29) is 5.95 Å². The lowest BCUT2D eigenvalue weighted by atomic mass is 10.3. The maximum absolute atomic E-state index is 5.73. The molecule has 4 N–H and O–H groups in total. The van der Waals surface area contributed by atoms with Crippen molar-refractivity contribution in [2.75, 3.05) is 30.0 Å². The molecule has 0 aliphatic carbocycles. The topological polar surface area (TPSA) is 85.1 Å². The van der Waals surface area contributed by atoms with Gasteiger partial charge in [-0.3, -0.25) is 0 Å². The number of hydrogen-bond acceptors (Lipinski definition) is 6. The number of halogens is 1. The third-order valence-corrected chi connectivity index (χ3v) is 3.14. The first-order valence-corrected chi connectivity index (χ1v) is 7.40. The highest BCUT2D eigenvalue weighted by Gasteiger charge is 2.05. The van der Waals surface area contributed by atoms with Gasteiger partial charge in [0.05, 0.1) is 7.11 Å². The van der Waals surface area contributed by atoms with Gasteiger partial charge in [-0.2, -0.15) is 9.97 Å². The summed E-state index contributed by atoms with van der Waals surface area (Å²) in [6, 6.07) is 7.51. The van der Waals surface area contributed by atoms with Crippen molar-refractivity contribution in [2.24, 2.45) is 0 Å². The summed E-state index contributed by atoms with van der Waals surface area (Å²) >= 11 is 3.44. The van der Waals surface area contributed by atoms with E-state index < -0.39 is 0 Å². The number of nitrogens with zero attached hydrogens (tertiary/aromatic N) is 2. The van der Waals surface area contributed by atoms with Gasteiger partial charge < -0.3 is 21.1 Å². The van der Waals surface area contributed by atoms with E-state index in [1.165, 1.54) is 0 Å². The molecule has 7 heteroatoms. The lowest BCUT2D eigenvalue weighted by molar-refractivity contribution is 0.415. The summed E-state index contributed by atoms with van der Waals surface area (Å²) in [7, 11) is 1.63. The van der Waals surface area contributed by atoms with Crippen LogP contribution in [-0.4, -0.2) is 23.6 Å². The molecule has 0 spiro atoms. The molecule has 0 atom stereocenters. The Bertz CT molecular complexity index is 620. The maximum Gasteiger partial charge on any atom is 0.223 e. The smallest absolute Gasteiger partial charge is 0.223 e. The molecule has 0 aliphatic heterocycles. The number of nitrogen functional groups attached to an aromatic ring is 1. The quantitative estimate of drug-likeness (QED) is 0.739. The van der Waals surface area contributed by atoms with Crippen molar-refractivity contribution in [3.8, 4) is 5.75 Å². The van der Waals surface area contributed by atoms with Crippen LogP contribution in [-0.2, 0) is 0 Å².